The Morgan fingerprint density at radius 3 is 1.49 bits per heavy atom. The maximum absolute atomic E-state index is 2.51. The summed E-state index contributed by atoms with van der Waals surface area (Å²) in [5.74, 6) is 0. The number of fused-ring (bicyclic) bond motifs is 16. The van der Waals surface area contributed by atoms with Gasteiger partial charge in [0.2, 0.25) is 0 Å². The van der Waals surface area contributed by atoms with Gasteiger partial charge in [-0.2, -0.15) is 0 Å². The first-order valence-electron chi connectivity index (χ1n) is 30.7. The predicted molar refractivity (Wildman–Crippen MR) is 362 cm³/mol. The van der Waals surface area contributed by atoms with E-state index >= 15 is 0 Å². The fraction of sp³-hybridized carbons (Fsp3) is 0.229. The van der Waals surface area contributed by atoms with Crippen LogP contribution < -0.4 is 0 Å². The van der Waals surface area contributed by atoms with Gasteiger partial charge < -0.3 is 0 Å². The first-order chi connectivity index (χ1) is 40.4. The quantitative estimate of drug-likeness (QED) is 0.151. The molecule has 0 amide bonds. The van der Waals surface area contributed by atoms with Crippen molar-refractivity contribution in [3.05, 3.63) is 296 Å². The molecule has 416 valence electrons. The van der Waals surface area contributed by atoms with Crippen LogP contribution in [0.4, 0.5) is 0 Å². The number of allylic oxidation sites excluding steroid dienone is 2. The van der Waals surface area contributed by atoms with Gasteiger partial charge in [-0.25, -0.2) is 0 Å². The normalized spacial score (nSPS) is 13.0. The molecule has 83 heavy (non-hydrogen) atoms. The molecule has 0 saturated carbocycles. The Balaban J connectivity index is 0.000000149. The number of benzene rings is 11. The second kappa shape index (κ2) is 25.4. The highest BCUT2D eigenvalue weighted by molar-refractivity contribution is 6.08. The second-order valence-electron chi connectivity index (χ2n) is 23.4. The molecule has 0 radical (unpaired) electrons. The number of hydrogen-bond donors (Lipinski definition) is 0. The molecule has 0 nitrogen and oxygen atoms in total. The second-order valence-corrected chi connectivity index (χ2v) is 23.4. The summed E-state index contributed by atoms with van der Waals surface area (Å²) in [5.41, 5.74) is 32.7. The van der Waals surface area contributed by atoms with Gasteiger partial charge in [0.1, 0.15) is 0 Å². The minimum atomic E-state index is -0.358. The number of rotatable bonds is 2. The van der Waals surface area contributed by atoms with Gasteiger partial charge in [-0.3, -0.25) is 0 Å². The van der Waals surface area contributed by atoms with E-state index in [2.05, 4.69) is 288 Å². The van der Waals surface area contributed by atoms with E-state index in [0.29, 0.717) is 0 Å². The van der Waals surface area contributed by atoms with Crippen LogP contribution in [0.2, 0.25) is 0 Å². The summed E-state index contributed by atoms with van der Waals surface area (Å²) < 4.78 is 0. The molecule has 0 atom stereocenters. The minimum absolute atomic E-state index is 0.358. The van der Waals surface area contributed by atoms with Crippen LogP contribution in [0.1, 0.15) is 139 Å². The lowest BCUT2D eigenvalue weighted by molar-refractivity contribution is 0.702. The van der Waals surface area contributed by atoms with Gasteiger partial charge in [0.15, 0.2) is 0 Å². The van der Waals surface area contributed by atoms with E-state index in [4.69, 9.17) is 0 Å². The van der Waals surface area contributed by atoms with Crippen LogP contribution in [-0.4, -0.2) is 0 Å². The molecule has 0 aromatic heterocycles. The van der Waals surface area contributed by atoms with Crippen LogP contribution in [0.5, 0.6) is 0 Å². The van der Waals surface area contributed by atoms with Crippen LogP contribution in [0, 0.1) is 48.5 Å². The van der Waals surface area contributed by atoms with Crippen molar-refractivity contribution in [3.8, 4) is 55.6 Å². The van der Waals surface area contributed by atoms with Gasteiger partial charge in [-0.1, -0.05) is 269 Å². The fourth-order valence-corrected chi connectivity index (χ4v) is 13.5. The summed E-state index contributed by atoms with van der Waals surface area (Å²) in [6.07, 6.45) is 10.2. The first-order valence-corrected chi connectivity index (χ1v) is 30.7. The van der Waals surface area contributed by atoms with E-state index in [-0.39, 0.29) is 5.41 Å². The molecule has 15 rings (SSSR count). The Bertz CT molecular complexity index is 4130. The summed E-state index contributed by atoms with van der Waals surface area (Å²) in [6, 6.07) is 79.0. The molecule has 0 fully saturated rings. The van der Waals surface area contributed by atoms with Crippen molar-refractivity contribution in [1.82, 2.24) is 0 Å². The third-order valence-corrected chi connectivity index (χ3v) is 17.3. The van der Waals surface area contributed by atoms with Crippen molar-refractivity contribution < 1.29 is 0 Å². The van der Waals surface area contributed by atoms with Crippen molar-refractivity contribution in [2.75, 3.05) is 0 Å². The van der Waals surface area contributed by atoms with E-state index in [0.717, 1.165) is 6.42 Å². The molecule has 4 aliphatic carbocycles. The molecule has 0 aliphatic heterocycles. The van der Waals surface area contributed by atoms with Gasteiger partial charge in [-0.05, 0) is 226 Å². The largest absolute Gasteiger partial charge is 0.0856 e. The predicted octanol–water partition coefficient (Wildman–Crippen LogP) is 23.7. The lowest BCUT2D eigenvalue weighted by atomic mass is 9.70. The van der Waals surface area contributed by atoms with Crippen LogP contribution in [0.3, 0.4) is 0 Å². The zero-order valence-electron chi connectivity index (χ0n) is 51.5. The summed E-state index contributed by atoms with van der Waals surface area (Å²) in [5, 5.41) is 5.31. The average molecular weight is 1080 g/mol. The molecule has 0 heteroatoms. The summed E-state index contributed by atoms with van der Waals surface area (Å²) in [6.45, 7) is 25.7. The average Bonchev–Trinajstić information content (AvgIpc) is 1.84. The fourth-order valence-electron chi connectivity index (χ4n) is 13.5. The standard InChI is InChI=1S/C41H28.C15H14.C15H16.C7H12.C3H8.C2H6/c1-25-19-21-30(31-13-5-3-11-28(25)31)27-20-22-35-38(24-27)41(39-23-26(2)29-12-4-6-16-34(29)40(35)39)36-17-9-7-14-32(36)33-15-8-10-18-37(33)41;1-10-4-6-14-13(7-10)9-12-5-3-11(2)8-15(12)14;1-11-8-9-15(13(3)10-11)14-7-5-4-6-12(14)2;1-7-5-3-2-4-6-7;1-3-2;1-2/h3-24H,1-2H3;3-8H,9H2,1-2H3;4-10H,1-3H3;5H,2-4,6H2,1H3;3H2,1-2H3;1-2H3. The Morgan fingerprint density at radius 2 is 0.867 bits per heavy atom. The van der Waals surface area contributed by atoms with Gasteiger partial charge in [0.05, 0.1) is 5.41 Å². The van der Waals surface area contributed by atoms with Crippen LogP contribution in [0.25, 0.3) is 77.2 Å². The molecule has 0 bridgehead atoms. The SMILES string of the molecule is CC.CC1=CCCCC1.CCC.Cc1ccc(-c2ccc3c(c2)C2(c4ccccc4-c4ccccc42)c2cc(C)c4ccccc4c2-3)c2ccccc12.Cc1ccc(-c2ccccc2C)c(C)c1.Cc1ccc2c(c1)Cc1ccc(C)cc1-2. The lowest BCUT2D eigenvalue weighted by Crippen LogP contribution is -2.26. The topological polar surface area (TPSA) is 0 Å². The third-order valence-electron chi connectivity index (χ3n) is 17.3. The zero-order chi connectivity index (χ0) is 58.4. The van der Waals surface area contributed by atoms with Crippen LogP contribution in [0.15, 0.2) is 224 Å². The van der Waals surface area contributed by atoms with Crippen LogP contribution >= 0.6 is 0 Å². The van der Waals surface area contributed by atoms with Crippen molar-refractivity contribution in [1.29, 1.82) is 0 Å². The molecule has 11 aromatic carbocycles. The van der Waals surface area contributed by atoms with Gasteiger partial charge in [0.25, 0.3) is 0 Å². The maximum atomic E-state index is 2.51. The van der Waals surface area contributed by atoms with E-state index in [1.165, 1.54) is 182 Å². The van der Waals surface area contributed by atoms with E-state index in [1.54, 1.807) is 5.57 Å². The molecule has 4 aliphatic rings. The number of hydrogen-bond acceptors (Lipinski definition) is 0. The van der Waals surface area contributed by atoms with E-state index in [9.17, 15) is 0 Å². The smallest absolute Gasteiger partial charge is 0.0726 e. The van der Waals surface area contributed by atoms with Crippen molar-refractivity contribution >= 4 is 21.5 Å². The summed E-state index contributed by atoms with van der Waals surface area (Å²) in [7, 11) is 0. The molecule has 11 aromatic rings. The zero-order valence-corrected chi connectivity index (χ0v) is 51.5. The van der Waals surface area contributed by atoms with Crippen molar-refractivity contribution in [3.63, 3.8) is 0 Å². The van der Waals surface area contributed by atoms with Crippen molar-refractivity contribution in [2.45, 2.75) is 127 Å². The third kappa shape index (κ3) is 11.2. The molecule has 1 spiro atoms. The van der Waals surface area contributed by atoms with Gasteiger partial charge >= 0.3 is 0 Å². The highest BCUT2D eigenvalue weighted by Crippen LogP contribution is 2.64. The van der Waals surface area contributed by atoms with E-state index < -0.39 is 0 Å². The monoisotopic (exact) mass is 1080 g/mol. The Labute approximate surface area is 497 Å². The molecule has 0 N–H and O–H groups in total. The Hall–Kier alpha value is -8.32. The summed E-state index contributed by atoms with van der Waals surface area (Å²) >= 11 is 0. The Kier molecular flexibility index (Phi) is 17.7. The molecular formula is C83H84. The van der Waals surface area contributed by atoms with Crippen LogP contribution in [-0.2, 0) is 11.8 Å². The Morgan fingerprint density at radius 1 is 0.337 bits per heavy atom. The van der Waals surface area contributed by atoms with Crippen molar-refractivity contribution in [2.24, 2.45) is 0 Å². The molecule has 0 heterocycles. The summed E-state index contributed by atoms with van der Waals surface area (Å²) in [4.78, 5) is 0. The maximum Gasteiger partial charge on any atom is 0.0726 e. The lowest BCUT2D eigenvalue weighted by Gasteiger charge is -2.31. The van der Waals surface area contributed by atoms with Gasteiger partial charge in [0, 0.05) is 0 Å². The minimum Gasteiger partial charge on any atom is -0.0856 e. The number of aryl methyl sites for hydroxylation is 7. The highest BCUT2D eigenvalue weighted by Gasteiger charge is 2.52. The molecule has 0 saturated heterocycles. The highest BCUT2D eigenvalue weighted by atomic mass is 14.5. The molecular weight excluding hydrogens is 997 g/mol. The first kappa shape index (κ1) is 57.9. The molecule has 0 unspecified atom stereocenters. The van der Waals surface area contributed by atoms with E-state index in [1.807, 2.05) is 13.8 Å². The van der Waals surface area contributed by atoms with Gasteiger partial charge in [-0.15, -0.1) is 0 Å².